The van der Waals surface area contributed by atoms with Crippen LogP contribution in [0.1, 0.15) is 151 Å². The van der Waals surface area contributed by atoms with E-state index in [0.29, 0.717) is 7.25 Å². The number of allylic oxidation sites excluding steroid dienone is 2. The molecule has 4 aliphatic carbocycles. The molecule has 0 saturated heterocycles. The average molecular weight is 841 g/mol. The number of fused-ring (bicyclic) bond motifs is 2. The summed E-state index contributed by atoms with van der Waals surface area (Å²) in [4.78, 5) is 0. The molecule has 0 aliphatic heterocycles. The molecule has 2 fully saturated rings. The molecule has 4 aliphatic rings. The molecular weight excluding hydrogens is 779 g/mol. The molecule has 0 spiro atoms. The van der Waals surface area contributed by atoms with Crippen LogP contribution in [0.5, 0.6) is 0 Å². The van der Waals surface area contributed by atoms with Gasteiger partial charge in [0, 0.05) is 0 Å². The second-order valence-electron chi connectivity index (χ2n) is 17.2. The van der Waals surface area contributed by atoms with Gasteiger partial charge in [0.25, 0.3) is 0 Å². The Hall–Kier alpha value is -1.96. The largest absolute Gasteiger partial charge is 0.147 e. The number of rotatable bonds is 9. The van der Waals surface area contributed by atoms with E-state index in [-0.39, 0.29) is 24.8 Å². The Morgan fingerprint density at radius 1 is 0.547 bits per heavy atom. The second-order valence-corrected chi connectivity index (χ2v) is 44.8. The van der Waals surface area contributed by atoms with Crippen molar-refractivity contribution in [3.63, 3.8) is 0 Å². The molecule has 0 radical (unpaired) electrons. The third-order valence-corrected chi connectivity index (χ3v) is 45.7. The first kappa shape index (κ1) is 40.7. The van der Waals surface area contributed by atoms with Crippen LogP contribution in [0.2, 0.25) is 8.26 Å². The van der Waals surface area contributed by atoms with Crippen LogP contribution >= 0.6 is 24.8 Å². The molecule has 53 heavy (non-hydrogen) atoms. The predicted octanol–water partition coefficient (Wildman–Crippen LogP) is 15.1. The molecule has 0 amide bonds. The van der Waals surface area contributed by atoms with E-state index in [1.54, 1.807) is 33.4 Å². The molecule has 4 heteroatoms. The minimum absolute atomic E-state index is 0. The van der Waals surface area contributed by atoms with Crippen molar-refractivity contribution in [3.05, 3.63) is 129 Å². The Balaban J connectivity index is 0.00000240. The molecular formula is C49H62Cl2SiZr. The molecule has 0 nitrogen and oxygen atoms in total. The van der Waals surface area contributed by atoms with Crippen molar-refractivity contribution in [2.75, 3.05) is 0 Å². The van der Waals surface area contributed by atoms with E-state index in [1.807, 2.05) is 0 Å². The summed E-state index contributed by atoms with van der Waals surface area (Å²) in [6.07, 6.45) is 20.2. The molecule has 2 atom stereocenters. The maximum atomic E-state index is 2.66. The summed E-state index contributed by atoms with van der Waals surface area (Å²) in [7, 11) is 0. The molecule has 0 aromatic heterocycles. The zero-order chi connectivity index (χ0) is 35.2. The minimum atomic E-state index is -3.73. The fourth-order valence-electron chi connectivity index (χ4n) is 11.8. The molecule has 4 aromatic rings. The minimum Gasteiger partial charge on any atom is -0.147 e. The van der Waals surface area contributed by atoms with Crippen molar-refractivity contribution >= 4 is 43.8 Å². The third-order valence-electron chi connectivity index (χ3n) is 14.8. The van der Waals surface area contributed by atoms with Crippen molar-refractivity contribution in [2.24, 2.45) is 0 Å². The number of halogens is 2. The van der Waals surface area contributed by atoms with Crippen LogP contribution in [-0.2, 0) is 17.4 Å². The molecule has 280 valence electrons. The van der Waals surface area contributed by atoms with Gasteiger partial charge < -0.3 is 0 Å². The fourth-order valence-corrected chi connectivity index (χ4v) is 35.6. The molecule has 2 saturated carbocycles. The van der Waals surface area contributed by atoms with Gasteiger partial charge in [0.15, 0.2) is 0 Å². The number of hydrogen-bond donors (Lipinski definition) is 0. The van der Waals surface area contributed by atoms with Gasteiger partial charge in [0.05, 0.1) is 0 Å². The molecule has 0 N–H and O–H groups in total. The Bertz CT molecular complexity index is 2030. The average Bonchev–Trinajstić information content (AvgIpc) is 3.77. The molecule has 0 heterocycles. The monoisotopic (exact) mass is 838 g/mol. The maximum Gasteiger partial charge on any atom is -0.147 e. The van der Waals surface area contributed by atoms with Gasteiger partial charge >= 0.3 is 314 Å². The molecule has 8 rings (SSSR count). The molecule has 0 bridgehead atoms. The smallest absolute Gasteiger partial charge is 0.147 e. The normalized spacial score (nSPS) is 20.5. The van der Waals surface area contributed by atoms with E-state index in [9.17, 15) is 0 Å². The summed E-state index contributed by atoms with van der Waals surface area (Å²) < 4.78 is 3.83. The summed E-state index contributed by atoms with van der Waals surface area (Å²) in [6.45, 7) is 12.7. The standard InChI is InChI=1S/C23H25.C22H23.2C2H5.2ClH.H2Si.Zr/c1-2-17-15-21-9-6-10-22(23(21)16-17)20-13-11-19(12-14-20)18-7-4-3-5-8-18;1-16-14-20-8-5-9-21(22(20)15-16)19-12-10-18(11-13-19)17-6-3-2-4-7-17;2*1-2;;;;/h6,9-16,18H,2-5,7-8H2,1H3;5,8-15,17H,2-4,6-7H2,1H3;2*1H2,2H3;2*1H;1H2;. The Labute approximate surface area is 336 Å². The van der Waals surface area contributed by atoms with Crippen molar-refractivity contribution in [2.45, 2.75) is 126 Å². The first-order chi connectivity index (χ1) is 24.9. The topological polar surface area (TPSA) is 0 Å². The summed E-state index contributed by atoms with van der Waals surface area (Å²) in [5.74, 6) is 1.50. The van der Waals surface area contributed by atoms with Gasteiger partial charge in [0.2, 0.25) is 0 Å². The van der Waals surface area contributed by atoms with E-state index in [4.69, 9.17) is 0 Å². The van der Waals surface area contributed by atoms with E-state index in [0.717, 1.165) is 18.3 Å². The summed E-state index contributed by atoms with van der Waals surface area (Å²) >= 11 is -3.73. The van der Waals surface area contributed by atoms with Crippen LogP contribution < -0.4 is 0 Å². The molecule has 4 aromatic carbocycles. The van der Waals surface area contributed by atoms with Gasteiger partial charge in [-0.25, -0.2) is 0 Å². The summed E-state index contributed by atoms with van der Waals surface area (Å²) in [5, 5.41) is 0. The van der Waals surface area contributed by atoms with Crippen LogP contribution in [0.3, 0.4) is 0 Å². The number of benzene rings is 4. The van der Waals surface area contributed by atoms with Gasteiger partial charge in [-0.1, -0.05) is 0 Å². The van der Waals surface area contributed by atoms with E-state index in [1.165, 1.54) is 106 Å². The summed E-state index contributed by atoms with van der Waals surface area (Å²) in [5.41, 5.74) is 18.4. The second kappa shape index (κ2) is 16.6. The maximum absolute atomic E-state index is 3.73. The molecule has 2 unspecified atom stereocenters. The van der Waals surface area contributed by atoms with Crippen LogP contribution in [0, 0.1) is 0 Å². The van der Waals surface area contributed by atoms with Crippen LogP contribution in [0.25, 0.3) is 34.4 Å². The predicted molar refractivity (Wildman–Crippen MR) is 237 cm³/mol. The first-order valence-corrected chi connectivity index (χ1v) is 33.0. The number of hydrogen-bond acceptors (Lipinski definition) is 0. The van der Waals surface area contributed by atoms with E-state index >= 15 is 0 Å². The quantitative estimate of drug-likeness (QED) is 0.147. The van der Waals surface area contributed by atoms with Crippen molar-refractivity contribution < 1.29 is 17.4 Å². The van der Waals surface area contributed by atoms with E-state index in [2.05, 4.69) is 132 Å². The Morgan fingerprint density at radius 3 is 1.42 bits per heavy atom. The van der Waals surface area contributed by atoms with Gasteiger partial charge in [-0.05, 0) is 0 Å². The van der Waals surface area contributed by atoms with Crippen LogP contribution in [-0.4, -0.2) is 6.88 Å². The van der Waals surface area contributed by atoms with Gasteiger partial charge in [-0.3, -0.25) is 0 Å². The third kappa shape index (κ3) is 7.04. The zero-order valence-electron chi connectivity index (χ0n) is 32.8. The van der Waals surface area contributed by atoms with Crippen molar-refractivity contribution in [1.82, 2.24) is 0 Å². The van der Waals surface area contributed by atoms with Crippen molar-refractivity contribution in [3.8, 4) is 22.3 Å². The van der Waals surface area contributed by atoms with Gasteiger partial charge in [0.1, 0.15) is 0 Å². The van der Waals surface area contributed by atoms with Crippen molar-refractivity contribution in [1.29, 1.82) is 0 Å². The first-order valence-electron chi connectivity index (χ1n) is 20.8. The van der Waals surface area contributed by atoms with Crippen LogP contribution in [0.4, 0.5) is 0 Å². The Morgan fingerprint density at radius 2 is 0.981 bits per heavy atom. The summed E-state index contributed by atoms with van der Waals surface area (Å²) in [6, 6.07) is 34.2. The Kier molecular flexibility index (Phi) is 12.8. The van der Waals surface area contributed by atoms with Crippen LogP contribution in [0.15, 0.2) is 96.1 Å². The zero-order valence-corrected chi connectivity index (χ0v) is 38.3. The fraction of sp³-hybridized carbons (Fsp3) is 0.429. The SMILES string of the molecule is CCC1=Cc2c(-c3ccc(C4CCCCC4)cc3)cccc2[CH]1[Zr](=[SiH2])([CH2]C)([CH2]C)[CH]1C(C)=Cc2c(-c3ccc(C4CCCCC4)cc3)cccc21.Cl.Cl. The van der Waals surface area contributed by atoms with Gasteiger partial charge in [-0.15, -0.1) is 24.8 Å². The van der Waals surface area contributed by atoms with E-state index < -0.39 is 17.4 Å². The van der Waals surface area contributed by atoms with Gasteiger partial charge in [-0.2, -0.15) is 0 Å².